The van der Waals surface area contributed by atoms with Crippen LogP contribution in [-0.4, -0.2) is 22.6 Å². The molecule has 1 heterocycles. The molecule has 1 amide bonds. The van der Waals surface area contributed by atoms with Crippen molar-refractivity contribution in [2.45, 2.75) is 6.92 Å². The Bertz CT molecular complexity index is 659. The number of halogens is 1. The maximum absolute atomic E-state index is 12.0. The Kier molecular flexibility index (Phi) is 5.68. The van der Waals surface area contributed by atoms with E-state index in [1.807, 2.05) is 6.92 Å². The fourth-order valence-electron chi connectivity index (χ4n) is 1.64. The number of amides is 1. The van der Waals surface area contributed by atoms with Gasteiger partial charge in [-0.1, -0.05) is 11.6 Å². The van der Waals surface area contributed by atoms with E-state index in [4.69, 9.17) is 28.6 Å². The quantitative estimate of drug-likeness (QED) is 0.840. The summed E-state index contributed by atoms with van der Waals surface area (Å²) in [5.41, 5.74) is 0.483. The highest BCUT2D eigenvalue weighted by molar-refractivity contribution is 7.80. The molecular formula is C15H14ClN3O2S. The van der Waals surface area contributed by atoms with Gasteiger partial charge in [-0.2, -0.15) is 0 Å². The van der Waals surface area contributed by atoms with Crippen molar-refractivity contribution < 1.29 is 9.53 Å². The average Bonchev–Trinajstić information content (AvgIpc) is 2.50. The Morgan fingerprint density at radius 3 is 2.59 bits per heavy atom. The minimum Gasteiger partial charge on any atom is -0.494 e. The van der Waals surface area contributed by atoms with Crippen LogP contribution in [-0.2, 0) is 0 Å². The van der Waals surface area contributed by atoms with E-state index >= 15 is 0 Å². The van der Waals surface area contributed by atoms with Crippen molar-refractivity contribution in [1.29, 1.82) is 0 Å². The van der Waals surface area contributed by atoms with E-state index in [0.717, 1.165) is 0 Å². The van der Waals surface area contributed by atoms with Gasteiger partial charge in [-0.25, -0.2) is 4.98 Å². The fraction of sp³-hybridized carbons (Fsp3) is 0.133. The number of pyridine rings is 1. The number of hydrogen-bond acceptors (Lipinski definition) is 4. The van der Waals surface area contributed by atoms with Crippen molar-refractivity contribution in [2.75, 3.05) is 11.9 Å². The van der Waals surface area contributed by atoms with Crippen LogP contribution in [0.15, 0.2) is 42.6 Å². The van der Waals surface area contributed by atoms with Crippen LogP contribution in [0.4, 0.5) is 5.82 Å². The lowest BCUT2D eigenvalue weighted by molar-refractivity contribution is 0.0977. The number of aromatic nitrogens is 1. The molecule has 7 heteroatoms. The molecule has 0 aliphatic heterocycles. The second-order valence-electron chi connectivity index (χ2n) is 4.23. The third kappa shape index (κ3) is 4.68. The Morgan fingerprint density at radius 2 is 2.00 bits per heavy atom. The minimum atomic E-state index is -0.311. The minimum absolute atomic E-state index is 0.161. The summed E-state index contributed by atoms with van der Waals surface area (Å²) in [6.07, 6.45) is 1.49. The molecule has 0 aliphatic rings. The molecule has 0 spiro atoms. The van der Waals surface area contributed by atoms with Crippen molar-refractivity contribution >= 4 is 40.7 Å². The van der Waals surface area contributed by atoms with Gasteiger partial charge in [0.15, 0.2) is 5.11 Å². The van der Waals surface area contributed by atoms with Crippen molar-refractivity contribution in [3.05, 3.63) is 53.2 Å². The molecule has 1 aromatic carbocycles. The number of nitrogens with zero attached hydrogens (tertiary/aromatic N) is 1. The molecule has 0 unspecified atom stereocenters. The molecule has 0 radical (unpaired) electrons. The van der Waals surface area contributed by atoms with Gasteiger partial charge in [0, 0.05) is 11.8 Å². The van der Waals surface area contributed by atoms with E-state index in [0.29, 0.717) is 28.8 Å². The standard InChI is InChI=1S/C15H14ClN3O2S/c1-2-21-12-6-3-10(4-7-12)14(20)19-15(22)18-13-8-5-11(16)9-17-13/h3-9H,2H2,1H3,(H2,17,18,19,20,22). The van der Waals surface area contributed by atoms with E-state index < -0.39 is 0 Å². The van der Waals surface area contributed by atoms with Crippen molar-refractivity contribution in [2.24, 2.45) is 0 Å². The van der Waals surface area contributed by atoms with Crippen molar-refractivity contribution in [1.82, 2.24) is 10.3 Å². The Morgan fingerprint density at radius 1 is 1.27 bits per heavy atom. The molecule has 2 rings (SSSR count). The van der Waals surface area contributed by atoms with E-state index in [1.165, 1.54) is 6.20 Å². The predicted molar refractivity (Wildman–Crippen MR) is 90.5 cm³/mol. The number of carbonyl (C=O) groups is 1. The molecule has 0 bridgehead atoms. The summed E-state index contributed by atoms with van der Waals surface area (Å²) in [7, 11) is 0. The smallest absolute Gasteiger partial charge is 0.257 e. The first-order valence-corrected chi connectivity index (χ1v) is 7.34. The van der Waals surface area contributed by atoms with Crippen LogP contribution in [0.3, 0.4) is 0 Å². The molecule has 0 saturated heterocycles. The lowest BCUT2D eigenvalue weighted by Crippen LogP contribution is -2.34. The zero-order valence-electron chi connectivity index (χ0n) is 11.8. The average molecular weight is 336 g/mol. The number of hydrogen-bond donors (Lipinski definition) is 2. The summed E-state index contributed by atoms with van der Waals surface area (Å²) in [4.78, 5) is 16.1. The SMILES string of the molecule is CCOc1ccc(C(=O)NC(=S)Nc2ccc(Cl)cn2)cc1. The molecule has 0 fully saturated rings. The Hall–Kier alpha value is -2.18. The summed E-state index contributed by atoms with van der Waals surface area (Å²) >= 11 is 10.8. The molecular weight excluding hydrogens is 322 g/mol. The molecule has 1 aromatic heterocycles. The van der Waals surface area contributed by atoms with Gasteiger partial charge < -0.3 is 10.1 Å². The van der Waals surface area contributed by atoms with Crippen LogP contribution in [0.5, 0.6) is 5.75 Å². The van der Waals surface area contributed by atoms with E-state index in [2.05, 4.69) is 15.6 Å². The molecule has 0 saturated carbocycles. The highest BCUT2D eigenvalue weighted by Crippen LogP contribution is 2.12. The highest BCUT2D eigenvalue weighted by Gasteiger charge is 2.08. The molecule has 0 aliphatic carbocycles. The normalized spacial score (nSPS) is 9.91. The number of nitrogens with one attached hydrogen (secondary N) is 2. The second kappa shape index (κ2) is 7.72. The van der Waals surface area contributed by atoms with Gasteiger partial charge in [0.25, 0.3) is 5.91 Å². The first kappa shape index (κ1) is 16.2. The van der Waals surface area contributed by atoms with Gasteiger partial charge in [0.1, 0.15) is 11.6 Å². The lowest BCUT2D eigenvalue weighted by atomic mass is 10.2. The number of anilines is 1. The van der Waals surface area contributed by atoms with E-state index in [9.17, 15) is 4.79 Å². The third-order valence-electron chi connectivity index (χ3n) is 2.62. The number of thiocarbonyl (C=S) groups is 1. The first-order valence-electron chi connectivity index (χ1n) is 6.55. The van der Waals surface area contributed by atoms with Crippen LogP contribution in [0.2, 0.25) is 5.02 Å². The number of benzene rings is 1. The summed E-state index contributed by atoms with van der Waals surface area (Å²) < 4.78 is 5.32. The topological polar surface area (TPSA) is 63.2 Å². The van der Waals surface area contributed by atoms with Crippen LogP contribution in [0.25, 0.3) is 0 Å². The summed E-state index contributed by atoms with van der Waals surface area (Å²) in [5.74, 6) is 0.904. The number of rotatable bonds is 4. The summed E-state index contributed by atoms with van der Waals surface area (Å²) in [5, 5.41) is 6.07. The van der Waals surface area contributed by atoms with Crippen LogP contribution in [0, 0.1) is 0 Å². The predicted octanol–water partition coefficient (Wildman–Crippen LogP) is 3.26. The van der Waals surface area contributed by atoms with Gasteiger partial charge in [-0.3, -0.25) is 10.1 Å². The van der Waals surface area contributed by atoms with Crippen LogP contribution >= 0.6 is 23.8 Å². The summed E-state index contributed by atoms with van der Waals surface area (Å²) in [6, 6.07) is 10.1. The Labute approximate surface area is 138 Å². The monoisotopic (exact) mass is 335 g/mol. The lowest BCUT2D eigenvalue weighted by Gasteiger charge is -2.09. The van der Waals surface area contributed by atoms with Crippen LogP contribution < -0.4 is 15.4 Å². The molecule has 0 atom stereocenters. The molecule has 22 heavy (non-hydrogen) atoms. The zero-order chi connectivity index (χ0) is 15.9. The van der Waals surface area contributed by atoms with Gasteiger partial charge in [-0.15, -0.1) is 0 Å². The molecule has 2 aromatic rings. The maximum atomic E-state index is 12.0. The molecule has 2 N–H and O–H groups in total. The number of carbonyl (C=O) groups excluding carboxylic acids is 1. The van der Waals surface area contributed by atoms with Gasteiger partial charge in [0.05, 0.1) is 11.6 Å². The zero-order valence-corrected chi connectivity index (χ0v) is 13.4. The maximum Gasteiger partial charge on any atom is 0.257 e. The van der Waals surface area contributed by atoms with E-state index in [1.54, 1.807) is 36.4 Å². The van der Waals surface area contributed by atoms with E-state index in [-0.39, 0.29) is 11.0 Å². The van der Waals surface area contributed by atoms with Gasteiger partial charge >= 0.3 is 0 Å². The fourth-order valence-corrected chi connectivity index (χ4v) is 1.95. The molecule has 114 valence electrons. The largest absolute Gasteiger partial charge is 0.494 e. The van der Waals surface area contributed by atoms with Gasteiger partial charge in [0.2, 0.25) is 0 Å². The van der Waals surface area contributed by atoms with Crippen molar-refractivity contribution in [3.63, 3.8) is 0 Å². The Balaban J connectivity index is 1.93. The highest BCUT2D eigenvalue weighted by atomic mass is 35.5. The third-order valence-corrected chi connectivity index (χ3v) is 3.05. The van der Waals surface area contributed by atoms with Crippen molar-refractivity contribution in [3.8, 4) is 5.75 Å². The van der Waals surface area contributed by atoms with Gasteiger partial charge in [-0.05, 0) is 55.5 Å². The first-order chi connectivity index (χ1) is 10.6. The molecule has 5 nitrogen and oxygen atoms in total. The second-order valence-corrected chi connectivity index (χ2v) is 5.07. The number of ether oxygens (including phenoxy) is 1. The van der Waals surface area contributed by atoms with Crippen LogP contribution in [0.1, 0.15) is 17.3 Å². The summed E-state index contributed by atoms with van der Waals surface area (Å²) in [6.45, 7) is 2.48.